The lowest BCUT2D eigenvalue weighted by Crippen LogP contribution is -2.45. The van der Waals surface area contributed by atoms with Gasteiger partial charge in [-0.15, -0.1) is 0 Å². The van der Waals surface area contributed by atoms with Crippen LogP contribution in [0.5, 0.6) is 0 Å². The van der Waals surface area contributed by atoms with Crippen molar-refractivity contribution in [1.82, 2.24) is 15.2 Å². The van der Waals surface area contributed by atoms with Crippen molar-refractivity contribution in [3.63, 3.8) is 0 Å². The SMILES string of the molecule is CC(C)CNCc1cccnc1N1CCN(C)CC1. The van der Waals surface area contributed by atoms with E-state index in [1.54, 1.807) is 0 Å². The highest BCUT2D eigenvalue weighted by Crippen LogP contribution is 2.18. The van der Waals surface area contributed by atoms with Crippen LogP contribution in [0.1, 0.15) is 19.4 Å². The summed E-state index contributed by atoms with van der Waals surface area (Å²) in [6.45, 7) is 10.8. The highest BCUT2D eigenvalue weighted by atomic mass is 15.3. The molecule has 1 aliphatic rings. The average Bonchev–Trinajstić information content (AvgIpc) is 2.40. The van der Waals surface area contributed by atoms with Crippen LogP contribution in [0.25, 0.3) is 0 Å². The van der Waals surface area contributed by atoms with Gasteiger partial charge in [-0.1, -0.05) is 19.9 Å². The van der Waals surface area contributed by atoms with E-state index in [0.29, 0.717) is 5.92 Å². The minimum Gasteiger partial charge on any atom is -0.354 e. The van der Waals surface area contributed by atoms with E-state index in [2.05, 4.69) is 47.1 Å². The van der Waals surface area contributed by atoms with E-state index in [1.807, 2.05) is 12.3 Å². The molecule has 1 saturated heterocycles. The molecule has 1 aliphatic heterocycles. The molecule has 2 heterocycles. The third-order valence-corrected chi connectivity index (χ3v) is 3.54. The summed E-state index contributed by atoms with van der Waals surface area (Å²) in [5, 5.41) is 3.51. The Labute approximate surface area is 116 Å². The second-order valence-electron chi connectivity index (χ2n) is 5.80. The monoisotopic (exact) mass is 262 g/mol. The van der Waals surface area contributed by atoms with Gasteiger partial charge in [-0.25, -0.2) is 4.98 Å². The van der Waals surface area contributed by atoms with Crippen LogP contribution in [0.15, 0.2) is 18.3 Å². The van der Waals surface area contributed by atoms with Crippen molar-refractivity contribution in [2.75, 3.05) is 44.7 Å². The topological polar surface area (TPSA) is 31.4 Å². The highest BCUT2D eigenvalue weighted by molar-refractivity contribution is 5.47. The summed E-state index contributed by atoms with van der Waals surface area (Å²) in [6, 6.07) is 4.22. The van der Waals surface area contributed by atoms with E-state index in [-0.39, 0.29) is 0 Å². The van der Waals surface area contributed by atoms with Crippen molar-refractivity contribution >= 4 is 5.82 Å². The molecule has 1 fully saturated rings. The molecule has 0 radical (unpaired) electrons. The Bertz CT molecular complexity index is 383. The Kier molecular flexibility index (Phi) is 5.16. The molecule has 1 N–H and O–H groups in total. The minimum absolute atomic E-state index is 0.684. The number of hydrogen-bond donors (Lipinski definition) is 1. The average molecular weight is 262 g/mol. The van der Waals surface area contributed by atoms with Crippen molar-refractivity contribution in [3.8, 4) is 0 Å². The van der Waals surface area contributed by atoms with Crippen LogP contribution >= 0.6 is 0 Å². The number of piperazine rings is 1. The van der Waals surface area contributed by atoms with Gasteiger partial charge in [0.1, 0.15) is 5.82 Å². The Morgan fingerprint density at radius 2 is 2.00 bits per heavy atom. The maximum atomic E-state index is 4.59. The summed E-state index contributed by atoms with van der Waals surface area (Å²) in [5.41, 5.74) is 1.31. The van der Waals surface area contributed by atoms with Crippen LogP contribution in [0, 0.1) is 5.92 Å². The maximum absolute atomic E-state index is 4.59. The molecule has 0 aliphatic carbocycles. The normalized spacial score (nSPS) is 17.2. The first-order valence-corrected chi connectivity index (χ1v) is 7.25. The minimum atomic E-state index is 0.684. The van der Waals surface area contributed by atoms with Crippen LogP contribution in [0.2, 0.25) is 0 Å². The number of nitrogens with zero attached hydrogens (tertiary/aromatic N) is 3. The fraction of sp³-hybridized carbons (Fsp3) is 0.667. The fourth-order valence-electron chi connectivity index (χ4n) is 2.37. The van der Waals surface area contributed by atoms with Gasteiger partial charge in [0, 0.05) is 44.5 Å². The van der Waals surface area contributed by atoms with Gasteiger partial charge in [0.25, 0.3) is 0 Å². The molecule has 0 amide bonds. The summed E-state index contributed by atoms with van der Waals surface area (Å²) in [7, 11) is 2.18. The lowest BCUT2D eigenvalue weighted by Gasteiger charge is -2.34. The zero-order chi connectivity index (χ0) is 13.7. The van der Waals surface area contributed by atoms with Crippen LogP contribution in [0.3, 0.4) is 0 Å². The van der Waals surface area contributed by atoms with E-state index in [1.165, 1.54) is 5.56 Å². The molecule has 0 aromatic carbocycles. The van der Waals surface area contributed by atoms with Gasteiger partial charge < -0.3 is 15.1 Å². The van der Waals surface area contributed by atoms with Gasteiger partial charge in [-0.3, -0.25) is 0 Å². The highest BCUT2D eigenvalue weighted by Gasteiger charge is 2.17. The third kappa shape index (κ3) is 4.18. The van der Waals surface area contributed by atoms with Gasteiger partial charge in [0.15, 0.2) is 0 Å². The largest absolute Gasteiger partial charge is 0.354 e. The number of nitrogens with one attached hydrogen (secondary N) is 1. The van der Waals surface area contributed by atoms with Crippen LogP contribution in [-0.2, 0) is 6.54 Å². The summed E-state index contributed by atoms with van der Waals surface area (Å²) in [5.74, 6) is 1.84. The standard InChI is InChI=1S/C15H26N4/c1-13(2)11-16-12-14-5-4-6-17-15(14)19-9-7-18(3)8-10-19/h4-6,13,16H,7-12H2,1-3H3. The first kappa shape index (κ1) is 14.3. The quantitative estimate of drug-likeness (QED) is 0.873. The summed E-state index contributed by atoms with van der Waals surface area (Å²) in [4.78, 5) is 9.37. The third-order valence-electron chi connectivity index (χ3n) is 3.54. The predicted octanol–water partition coefficient (Wildman–Crippen LogP) is 1.58. The molecule has 4 nitrogen and oxygen atoms in total. The molecule has 0 saturated carbocycles. The van der Waals surface area contributed by atoms with Gasteiger partial charge >= 0.3 is 0 Å². The van der Waals surface area contributed by atoms with Crippen molar-refractivity contribution in [1.29, 1.82) is 0 Å². The Morgan fingerprint density at radius 1 is 1.26 bits per heavy atom. The molecule has 4 heteroatoms. The summed E-state index contributed by atoms with van der Waals surface area (Å²) < 4.78 is 0. The Morgan fingerprint density at radius 3 is 2.68 bits per heavy atom. The number of anilines is 1. The number of hydrogen-bond acceptors (Lipinski definition) is 4. The second-order valence-corrected chi connectivity index (χ2v) is 5.80. The lowest BCUT2D eigenvalue weighted by atomic mass is 10.2. The van der Waals surface area contributed by atoms with Crippen molar-refractivity contribution < 1.29 is 0 Å². The first-order chi connectivity index (χ1) is 9.16. The number of rotatable bonds is 5. The van der Waals surface area contributed by atoms with Crippen LogP contribution in [-0.4, -0.2) is 49.7 Å². The maximum Gasteiger partial charge on any atom is 0.133 e. The number of aromatic nitrogens is 1. The van der Waals surface area contributed by atoms with Gasteiger partial charge in [0.2, 0.25) is 0 Å². The molecule has 1 aromatic heterocycles. The first-order valence-electron chi connectivity index (χ1n) is 7.25. The van der Waals surface area contributed by atoms with Crippen molar-refractivity contribution in [3.05, 3.63) is 23.9 Å². The van der Waals surface area contributed by atoms with Crippen molar-refractivity contribution in [2.45, 2.75) is 20.4 Å². The molecule has 106 valence electrons. The van der Waals surface area contributed by atoms with E-state index in [0.717, 1.165) is 45.1 Å². The zero-order valence-electron chi connectivity index (χ0n) is 12.4. The lowest BCUT2D eigenvalue weighted by molar-refractivity contribution is 0.311. The summed E-state index contributed by atoms with van der Waals surface area (Å²) >= 11 is 0. The zero-order valence-corrected chi connectivity index (χ0v) is 12.4. The molecule has 2 rings (SSSR count). The van der Waals surface area contributed by atoms with Crippen LogP contribution < -0.4 is 10.2 Å². The predicted molar refractivity (Wildman–Crippen MR) is 80.5 cm³/mol. The molecule has 1 aromatic rings. The van der Waals surface area contributed by atoms with E-state index in [9.17, 15) is 0 Å². The molecule has 0 spiro atoms. The van der Waals surface area contributed by atoms with E-state index >= 15 is 0 Å². The molecular formula is C15H26N4. The van der Waals surface area contributed by atoms with Gasteiger partial charge in [0.05, 0.1) is 0 Å². The van der Waals surface area contributed by atoms with E-state index in [4.69, 9.17) is 0 Å². The van der Waals surface area contributed by atoms with Crippen molar-refractivity contribution in [2.24, 2.45) is 5.92 Å². The van der Waals surface area contributed by atoms with Gasteiger partial charge in [-0.2, -0.15) is 0 Å². The molecule has 0 atom stereocenters. The Balaban J connectivity index is 1.99. The molecular weight excluding hydrogens is 236 g/mol. The number of pyridine rings is 1. The Hall–Kier alpha value is -1.13. The second kappa shape index (κ2) is 6.87. The molecule has 0 bridgehead atoms. The fourth-order valence-corrected chi connectivity index (χ4v) is 2.37. The number of likely N-dealkylation sites (N-methyl/N-ethyl adjacent to an activating group) is 1. The smallest absolute Gasteiger partial charge is 0.133 e. The van der Waals surface area contributed by atoms with E-state index < -0.39 is 0 Å². The van der Waals surface area contributed by atoms with Gasteiger partial charge in [-0.05, 0) is 25.6 Å². The van der Waals surface area contributed by atoms with Crippen LogP contribution in [0.4, 0.5) is 5.82 Å². The summed E-state index contributed by atoms with van der Waals surface area (Å²) in [6.07, 6.45) is 1.90. The molecule has 19 heavy (non-hydrogen) atoms. The molecule has 0 unspecified atom stereocenters.